The molecule has 14 heavy (non-hydrogen) atoms. The van der Waals surface area contributed by atoms with Crippen LogP contribution >= 0.6 is 23.4 Å². The maximum absolute atomic E-state index is 8.49. The fourth-order valence-corrected chi connectivity index (χ4v) is 1.87. The summed E-state index contributed by atoms with van der Waals surface area (Å²) in [7, 11) is 0. The molecule has 72 valence electrons. The highest BCUT2D eigenvalue weighted by molar-refractivity contribution is 7.98. The minimum atomic E-state index is 0.615. The van der Waals surface area contributed by atoms with Crippen LogP contribution < -0.4 is 0 Å². The Labute approximate surface area is 93.4 Å². The van der Waals surface area contributed by atoms with Gasteiger partial charge in [0.05, 0.1) is 6.07 Å². The Bertz CT molecular complexity index is 351. The van der Waals surface area contributed by atoms with Crippen LogP contribution in [0.15, 0.2) is 36.4 Å². The van der Waals surface area contributed by atoms with Crippen molar-refractivity contribution < 1.29 is 0 Å². The predicted octanol–water partition coefficient (Wildman–Crippen LogP) is 3.65. The van der Waals surface area contributed by atoms with Crippen LogP contribution in [0.2, 0.25) is 5.02 Å². The molecule has 1 rings (SSSR count). The van der Waals surface area contributed by atoms with Crippen LogP contribution in [0, 0.1) is 11.3 Å². The third kappa shape index (κ3) is 3.87. The SMILES string of the molecule is C=C(C#N)CSCc1ccc(Cl)cc1. The minimum absolute atomic E-state index is 0.615. The molecule has 1 nitrogen and oxygen atoms in total. The molecule has 0 saturated carbocycles. The Morgan fingerprint density at radius 3 is 2.64 bits per heavy atom. The van der Waals surface area contributed by atoms with E-state index in [1.807, 2.05) is 30.3 Å². The molecule has 0 aliphatic rings. The Hall–Kier alpha value is -0.910. The molecule has 1 aromatic carbocycles. The summed E-state index contributed by atoms with van der Waals surface area (Å²) in [6, 6.07) is 9.75. The fraction of sp³-hybridized carbons (Fsp3) is 0.182. The van der Waals surface area contributed by atoms with Crippen molar-refractivity contribution in [1.82, 2.24) is 0 Å². The monoisotopic (exact) mass is 223 g/mol. The third-order valence-corrected chi connectivity index (χ3v) is 2.96. The molecule has 0 fully saturated rings. The number of hydrogen-bond acceptors (Lipinski definition) is 2. The van der Waals surface area contributed by atoms with Crippen LogP contribution in [0.5, 0.6) is 0 Å². The normalized spacial score (nSPS) is 9.43. The first-order valence-electron chi connectivity index (χ1n) is 4.12. The highest BCUT2D eigenvalue weighted by Gasteiger charge is 1.95. The summed E-state index contributed by atoms with van der Waals surface area (Å²) in [4.78, 5) is 0. The Balaban J connectivity index is 2.36. The van der Waals surface area contributed by atoms with Gasteiger partial charge in [-0.2, -0.15) is 17.0 Å². The Morgan fingerprint density at radius 2 is 2.07 bits per heavy atom. The third-order valence-electron chi connectivity index (χ3n) is 1.62. The average molecular weight is 224 g/mol. The lowest BCUT2D eigenvalue weighted by molar-refractivity contribution is 1.40. The maximum Gasteiger partial charge on any atom is 0.0949 e. The van der Waals surface area contributed by atoms with Crippen LogP contribution in [-0.2, 0) is 5.75 Å². The van der Waals surface area contributed by atoms with E-state index in [0.717, 1.165) is 10.8 Å². The van der Waals surface area contributed by atoms with Crippen molar-refractivity contribution in [2.75, 3.05) is 5.75 Å². The molecule has 0 radical (unpaired) electrons. The Morgan fingerprint density at radius 1 is 1.43 bits per heavy atom. The number of benzene rings is 1. The molecule has 0 aliphatic carbocycles. The Kier molecular flexibility index (Phi) is 4.58. The van der Waals surface area contributed by atoms with E-state index in [4.69, 9.17) is 16.9 Å². The molecule has 0 spiro atoms. The first-order valence-corrected chi connectivity index (χ1v) is 5.65. The number of rotatable bonds is 4. The highest BCUT2D eigenvalue weighted by atomic mass is 35.5. The van der Waals surface area contributed by atoms with Crippen molar-refractivity contribution in [2.45, 2.75) is 5.75 Å². The molecule has 0 amide bonds. The van der Waals surface area contributed by atoms with E-state index >= 15 is 0 Å². The van der Waals surface area contributed by atoms with Gasteiger partial charge in [0.25, 0.3) is 0 Å². The lowest BCUT2D eigenvalue weighted by atomic mass is 10.2. The number of halogens is 1. The molecule has 0 saturated heterocycles. The van der Waals surface area contributed by atoms with Crippen LogP contribution in [0.1, 0.15) is 5.56 Å². The molecule has 0 aromatic heterocycles. The van der Waals surface area contributed by atoms with Crippen molar-refractivity contribution in [3.8, 4) is 6.07 Å². The number of thioether (sulfide) groups is 1. The summed E-state index contributed by atoms with van der Waals surface area (Å²) in [6.45, 7) is 3.62. The van der Waals surface area contributed by atoms with Gasteiger partial charge in [-0.15, -0.1) is 0 Å². The number of hydrogen-bond donors (Lipinski definition) is 0. The largest absolute Gasteiger partial charge is 0.193 e. The molecular weight excluding hydrogens is 214 g/mol. The van der Waals surface area contributed by atoms with Crippen molar-refractivity contribution in [3.63, 3.8) is 0 Å². The van der Waals surface area contributed by atoms with Gasteiger partial charge in [0.15, 0.2) is 0 Å². The molecule has 0 atom stereocenters. The van der Waals surface area contributed by atoms with Crippen LogP contribution in [0.25, 0.3) is 0 Å². The van der Waals surface area contributed by atoms with E-state index in [0.29, 0.717) is 11.3 Å². The summed E-state index contributed by atoms with van der Waals surface area (Å²) in [5.41, 5.74) is 1.83. The molecule has 0 aliphatic heterocycles. The standard InChI is InChI=1S/C11H10ClNS/c1-9(6-13)7-14-8-10-2-4-11(12)5-3-10/h2-5H,1,7-8H2. The average Bonchev–Trinajstić information content (AvgIpc) is 2.21. The van der Waals surface area contributed by atoms with Gasteiger partial charge in [-0.1, -0.05) is 30.3 Å². The number of nitriles is 1. The second-order valence-corrected chi connectivity index (χ2v) is 4.26. The van der Waals surface area contributed by atoms with E-state index < -0.39 is 0 Å². The number of nitrogens with zero attached hydrogens (tertiary/aromatic N) is 1. The van der Waals surface area contributed by atoms with Gasteiger partial charge < -0.3 is 0 Å². The van der Waals surface area contributed by atoms with E-state index in [-0.39, 0.29) is 0 Å². The topological polar surface area (TPSA) is 23.8 Å². The highest BCUT2D eigenvalue weighted by Crippen LogP contribution is 2.16. The van der Waals surface area contributed by atoms with Crippen molar-refractivity contribution in [1.29, 1.82) is 5.26 Å². The zero-order valence-corrected chi connectivity index (χ0v) is 9.24. The molecular formula is C11H10ClNS. The first kappa shape index (κ1) is 11.2. The lowest BCUT2D eigenvalue weighted by Crippen LogP contribution is -1.84. The van der Waals surface area contributed by atoms with Crippen LogP contribution in [-0.4, -0.2) is 5.75 Å². The van der Waals surface area contributed by atoms with Gasteiger partial charge in [0, 0.05) is 22.1 Å². The smallest absolute Gasteiger partial charge is 0.0949 e. The zero-order valence-electron chi connectivity index (χ0n) is 7.66. The van der Waals surface area contributed by atoms with Crippen LogP contribution in [0.3, 0.4) is 0 Å². The molecule has 0 unspecified atom stereocenters. The van der Waals surface area contributed by atoms with Gasteiger partial charge in [-0.3, -0.25) is 0 Å². The summed E-state index contributed by atoms with van der Waals surface area (Å²) in [6.07, 6.45) is 0. The van der Waals surface area contributed by atoms with Crippen molar-refractivity contribution in [2.24, 2.45) is 0 Å². The van der Waals surface area contributed by atoms with E-state index in [9.17, 15) is 0 Å². The minimum Gasteiger partial charge on any atom is -0.193 e. The molecule has 3 heteroatoms. The second kappa shape index (κ2) is 5.74. The van der Waals surface area contributed by atoms with E-state index in [1.54, 1.807) is 11.8 Å². The summed E-state index contributed by atoms with van der Waals surface area (Å²) >= 11 is 7.43. The quantitative estimate of drug-likeness (QED) is 0.728. The zero-order chi connectivity index (χ0) is 10.4. The lowest BCUT2D eigenvalue weighted by Gasteiger charge is -2.00. The molecule has 0 bridgehead atoms. The summed E-state index contributed by atoms with van der Waals surface area (Å²) < 4.78 is 0. The first-order chi connectivity index (χ1) is 6.72. The van der Waals surface area contributed by atoms with Gasteiger partial charge >= 0.3 is 0 Å². The molecule has 0 N–H and O–H groups in total. The van der Waals surface area contributed by atoms with Gasteiger partial charge in [-0.05, 0) is 17.7 Å². The van der Waals surface area contributed by atoms with Gasteiger partial charge in [0.2, 0.25) is 0 Å². The summed E-state index contributed by atoms with van der Waals surface area (Å²) in [5, 5.41) is 9.24. The maximum atomic E-state index is 8.49. The molecule has 1 aromatic rings. The van der Waals surface area contributed by atoms with Gasteiger partial charge in [-0.25, -0.2) is 0 Å². The fourth-order valence-electron chi connectivity index (χ4n) is 0.905. The van der Waals surface area contributed by atoms with Crippen molar-refractivity contribution in [3.05, 3.63) is 47.0 Å². The second-order valence-electron chi connectivity index (χ2n) is 2.83. The summed E-state index contributed by atoms with van der Waals surface area (Å²) in [5.74, 6) is 1.58. The van der Waals surface area contributed by atoms with E-state index in [2.05, 4.69) is 6.58 Å². The molecule has 0 heterocycles. The van der Waals surface area contributed by atoms with Crippen LogP contribution in [0.4, 0.5) is 0 Å². The van der Waals surface area contributed by atoms with Gasteiger partial charge in [0.1, 0.15) is 0 Å². The van der Waals surface area contributed by atoms with E-state index in [1.165, 1.54) is 5.56 Å². The predicted molar refractivity (Wildman–Crippen MR) is 62.4 cm³/mol. The van der Waals surface area contributed by atoms with Crippen molar-refractivity contribution >= 4 is 23.4 Å².